The van der Waals surface area contributed by atoms with Gasteiger partial charge in [0.25, 0.3) is 5.56 Å². The number of fused-ring (bicyclic) bond motifs is 1. The number of thioether (sulfide) groups is 1. The number of sulfone groups is 1. The van der Waals surface area contributed by atoms with E-state index in [1.807, 2.05) is 12.1 Å². The molecule has 7 nitrogen and oxygen atoms in total. The van der Waals surface area contributed by atoms with Crippen molar-refractivity contribution in [2.45, 2.75) is 56.3 Å². The fourth-order valence-electron chi connectivity index (χ4n) is 4.15. The second-order valence-corrected chi connectivity index (χ2v) is 11.4. The van der Waals surface area contributed by atoms with Crippen molar-refractivity contribution in [3.8, 4) is 0 Å². The minimum absolute atomic E-state index is 0.00253. The summed E-state index contributed by atoms with van der Waals surface area (Å²) >= 11 is 1.22. The molecule has 0 saturated carbocycles. The molecule has 9 heteroatoms. The summed E-state index contributed by atoms with van der Waals surface area (Å²) in [7, 11) is -3.05. The van der Waals surface area contributed by atoms with E-state index >= 15 is 0 Å². The standard InChI is InChI=1S/C22H27N3O4S2/c26-20(23-17-11-13-31(28,29)15-17)14-30-22-24-19-9-5-4-8-18(19)21(27)25(22)12-10-16-6-2-1-3-7-16/h4-6,8-9,17H,1-3,7,10-15H2,(H,23,26)/t17-/m0/s1. The first kappa shape index (κ1) is 22.1. The minimum atomic E-state index is -3.05. The Morgan fingerprint density at radius 1 is 1.26 bits per heavy atom. The van der Waals surface area contributed by atoms with Gasteiger partial charge < -0.3 is 5.32 Å². The monoisotopic (exact) mass is 461 g/mol. The van der Waals surface area contributed by atoms with Crippen LogP contribution < -0.4 is 10.9 Å². The number of amides is 1. The molecule has 1 saturated heterocycles. The van der Waals surface area contributed by atoms with Gasteiger partial charge in [-0.2, -0.15) is 0 Å². The zero-order chi connectivity index (χ0) is 21.8. The third-order valence-electron chi connectivity index (χ3n) is 5.80. The molecule has 31 heavy (non-hydrogen) atoms. The van der Waals surface area contributed by atoms with Gasteiger partial charge in [0, 0.05) is 12.6 Å². The Kier molecular flexibility index (Phi) is 6.81. The zero-order valence-electron chi connectivity index (χ0n) is 17.4. The van der Waals surface area contributed by atoms with Gasteiger partial charge in [0.2, 0.25) is 5.91 Å². The molecule has 1 fully saturated rings. The van der Waals surface area contributed by atoms with E-state index in [9.17, 15) is 18.0 Å². The van der Waals surface area contributed by atoms with Crippen LogP contribution in [-0.2, 0) is 21.2 Å². The number of aromatic nitrogens is 2. The van der Waals surface area contributed by atoms with Crippen LogP contribution in [0.1, 0.15) is 38.5 Å². The van der Waals surface area contributed by atoms with Gasteiger partial charge in [-0.25, -0.2) is 13.4 Å². The van der Waals surface area contributed by atoms with Crippen LogP contribution in [0.25, 0.3) is 10.9 Å². The van der Waals surface area contributed by atoms with Gasteiger partial charge in [0.15, 0.2) is 15.0 Å². The minimum Gasteiger partial charge on any atom is -0.352 e. The normalized spacial score (nSPS) is 20.5. The van der Waals surface area contributed by atoms with Gasteiger partial charge in [0.05, 0.1) is 28.2 Å². The number of rotatable bonds is 7. The highest BCUT2D eigenvalue weighted by molar-refractivity contribution is 7.99. The van der Waals surface area contributed by atoms with Crippen LogP contribution in [0.4, 0.5) is 0 Å². The van der Waals surface area contributed by atoms with Crippen LogP contribution >= 0.6 is 11.8 Å². The Hall–Kier alpha value is -2.13. The third kappa shape index (κ3) is 5.57. The second-order valence-electron chi connectivity index (χ2n) is 8.18. The van der Waals surface area contributed by atoms with Crippen molar-refractivity contribution < 1.29 is 13.2 Å². The summed E-state index contributed by atoms with van der Waals surface area (Å²) in [6.07, 6.45) is 8.12. The highest BCUT2D eigenvalue weighted by atomic mass is 32.2. The van der Waals surface area contributed by atoms with E-state index < -0.39 is 9.84 Å². The lowest BCUT2D eigenvalue weighted by Gasteiger charge is -2.16. The summed E-state index contributed by atoms with van der Waals surface area (Å²) in [5.41, 5.74) is 1.90. The summed E-state index contributed by atoms with van der Waals surface area (Å²) in [4.78, 5) is 30.2. The number of para-hydroxylation sites is 1. The summed E-state index contributed by atoms with van der Waals surface area (Å²) < 4.78 is 24.9. The fraction of sp³-hybridized carbons (Fsp3) is 0.500. The lowest BCUT2D eigenvalue weighted by atomic mass is 9.97. The smallest absolute Gasteiger partial charge is 0.262 e. The van der Waals surface area contributed by atoms with E-state index in [1.165, 1.54) is 30.2 Å². The Morgan fingerprint density at radius 2 is 2.10 bits per heavy atom. The van der Waals surface area contributed by atoms with Crippen LogP contribution in [0.2, 0.25) is 0 Å². The summed E-state index contributed by atoms with van der Waals surface area (Å²) in [5.74, 6) is -0.0372. The number of allylic oxidation sites excluding steroid dienone is 2. The number of hydrogen-bond acceptors (Lipinski definition) is 6. The molecule has 0 radical (unpaired) electrons. The van der Waals surface area contributed by atoms with Crippen LogP contribution in [0.15, 0.2) is 45.9 Å². The van der Waals surface area contributed by atoms with Gasteiger partial charge in [-0.15, -0.1) is 0 Å². The first-order chi connectivity index (χ1) is 14.9. The van der Waals surface area contributed by atoms with Crippen molar-refractivity contribution in [3.05, 3.63) is 46.3 Å². The predicted octanol–water partition coefficient (Wildman–Crippen LogP) is 2.68. The number of hydrogen-bond donors (Lipinski definition) is 1. The molecule has 1 aliphatic heterocycles. The number of nitrogens with zero attached hydrogens (tertiary/aromatic N) is 2. The Morgan fingerprint density at radius 3 is 2.84 bits per heavy atom. The number of nitrogens with one attached hydrogen (secondary N) is 1. The summed E-state index contributed by atoms with van der Waals surface area (Å²) in [6.45, 7) is 0.535. The number of carbonyl (C=O) groups is 1. The van der Waals surface area contributed by atoms with Crippen molar-refractivity contribution in [3.63, 3.8) is 0 Å². The van der Waals surface area contributed by atoms with Gasteiger partial charge in [-0.3, -0.25) is 14.2 Å². The highest BCUT2D eigenvalue weighted by Crippen LogP contribution is 2.23. The molecular formula is C22H27N3O4S2. The maximum Gasteiger partial charge on any atom is 0.262 e. The van der Waals surface area contributed by atoms with E-state index in [2.05, 4.69) is 16.4 Å². The van der Waals surface area contributed by atoms with Gasteiger partial charge >= 0.3 is 0 Å². The lowest BCUT2D eigenvalue weighted by molar-refractivity contribution is -0.119. The van der Waals surface area contributed by atoms with E-state index in [-0.39, 0.29) is 34.8 Å². The molecule has 2 aliphatic rings. The first-order valence-corrected chi connectivity index (χ1v) is 13.5. The molecule has 1 aliphatic carbocycles. The van der Waals surface area contributed by atoms with Crippen LogP contribution in [0.3, 0.4) is 0 Å². The summed E-state index contributed by atoms with van der Waals surface area (Å²) in [6, 6.07) is 6.92. The molecular weight excluding hydrogens is 434 g/mol. The molecule has 2 aromatic rings. The SMILES string of the molecule is O=C(CSc1nc2ccccc2c(=O)n1CCC1=CCCCC1)N[C@H]1CCS(=O)(=O)C1. The molecule has 166 valence electrons. The molecule has 1 N–H and O–H groups in total. The van der Waals surface area contributed by atoms with Crippen molar-refractivity contribution in [1.29, 1.82) is 0 Å². The molecule has 1 aromatic carbocycles. The van der Waals surface area contributed by atoms with E-state index in [0.29, 0.717) is 29.0 Å². The van der Waals surface area contributed by atoms with Crippen LogP contribution in [0.5, 0.6) is 0 Å². The number of benzene rings is 1. The molecule has 0 bridgehead atoms. The molecule has 4 rings (SSSR count). The predicted molar refractivity (Wildman–Crippen MR) is 123 cm³/mol. The average Bonchev–Trinajstić information content (AvgIpc) is 3.10. The maximum atomic E-state index is 13.1. The van der Waals surface area contributed by atoms with Crippen molar-refractivity contribution in [2.24, 2.45) is 0 Å². The first-order valence-electron chi connectivity index (χ1n) is 10.7. The summed E-state index contributed by atoms with van der Waals surface area (Å²) in [5, 5.41) is 3.89. The van der Waals surface area contributed by atoms with Crippen LogP contribution in [0, 0.1) is 0 Å². The van der Waals surface area contributed by atoms with Crippen molar-refractivity contribution in [1.82, 2.24) is 14.9 Å². The quantitative estimate of drug-likeness (QED) is 0.387. The highest BCUT2D eigenvalue weighted by Gasteiger charge is 2.29. The largest absolute Gasteiger partial charge is 0.352 e. The van der Waals surface area contributed by atoms with Gasteiger partial charge in [0.1, 0.15) is 0 Å². The Balaban J connectivity index is 1.50. The number of carbonyl (C=O) groups excluding carboxylic acids is 1. The molecule has 1 atom stereocenters. The molecule has 2 heterocycles. The molecule has 0 unspecified atom stereocenters. The van der Waals surface area contributed by atoms with Crippen molar-refractivity contribution in [2.75, 3.05) is 17.3 Å². The maximum absolute atomic E-state index is 13.1. The topological polar surface area (TPSA) is 98.1 Å². The van der Waals surface area contributed by atoms with E-state index in [0.717, 1.165) is 19.3 Å². The molecule has 0 spiro atoms. The van der Waals surface area contributed by atoms with E-state index in [1.54, 1.807) is 16.7 Å². The molecule has 1 amide bonds. The lowest BCUT2D eigenvalue weighted by Crippen LogP contribution is -2.36. The third-order valence-corrected chi connectivity index (χ3v) is 8.54. The average molecular weight is 462 g/mol. The van der Waals surface area contributed by atoms with Crippen molar-refractivity contribution >= 4 is 38.4 Å². The molecule has 1 aromatic heterocycles. The second kappa shape index (κ2) is 9.56. The van der Waals surface area contributed by atoms with E-state index in [4.69, 9.17) is 0 Å². The Labute approximate surface area is 186 Å². The Bertz CT molecular complexity index is 1170. The fourth-order valence-corrected chi connectivity index (χ4v) is 6.66. The zero-order valence-corrected chi connectivity index (χ0v) is 19.0. The van der Waals surface area contributed by atoms with Crippen LogP contribution in [-0.4, -0.2) is 47.2 Å². The van der Waals surface area contributed by atoms with Gasteiger partial charge in [-0.1, -0.05) is 35.5 Å². The van der Waals surface area contributed by atoms with Gasteiger partial charge in [-0.05, 0) is 50.7 Å².